The highest BCUT2D eigenvalue weighted by Crippen LogP contribution is 2.25. The van der Waals surface area contributed by atoms with Crippen LogP contribution in [0.4, 0.5) is 0 Å². The van der Waals surface area contributed by atoms with Gasteiger partial charge in [-0.2, -0.15) is 0 Å². The molecule has 1 N–H and O–H groups in total. The van der Waals surface area contributed by atoms with Crippen molar-refractivity contribution >= 4 is 11.3 Å². The van der Waals surface area contributed by atoms with Gasteiger partial charge in [-0.25, -0.2) is 4.98 Å². The summed E-state index contributed by atoms with van der Waals surface area (Å²) in [5, 5.41) is 11.6. The first-order chi connectivity index (χ1) is 7.29. The maximum absolute atomic E-state index is 8.71. The fourth-order valence-corrected chi connectivity index (χ4v) is 2.16. The van der Waals surface area contributed by atoms with Gasteiger partial charge in [0, 0.05) is 12.0 Å². The van der Waals surface area contributed by atoms with Crippen molar-refractivity contribution in [2.24, 2.45) is 0 Å². The molecule has 0 atom stereocenters. The largest absolute Gasteiger partial charge is 0.459 e. The molecule has 2 aromatic heterocycles. The molecule has 0 saturated heterocycles. The number of rotatable bonds is 4. The van der Waals surface area contributed by atoms with Gasteiger partial charge >= 0.3 is 0 Å². The van der Waals surface area contributed by atoms with E-state index < -0.39 is 0 Å². The van der Waals surface area contributed by atoms with Gasteiger partial charge in [0.05, 0.1) is 5.69 Å². The van der Waals surface area contributed by atoms with E-state index in [9.17, 15) is 0 Å². The summed E-state index contributed by atoms with van der Waals surface area (Å²) < 4.78 is 5.49. The molecule has 0 aromatic carbocycles. The van der Waals surface area contributed by atoms with Crippen molar-refractivity contribution < 1.29 is 9.52 Å². The van der Waals surface area contributed by atoms with Crippen molar-refractivity contribution in [3.63, 3.8) is 0 Å². The molecular weight excluding hydrogens is 210 g/mol. The number of furan rings is 1. The van der Waals surface area contributed by atoms with E-state index in [1.54, 1.807) is 11.3 Å². The fourth-order valence-electron chi connectivity index (χ4n) is 1.34. The summed E-state index contributed by atoms with van der Waals surface area (Å²) in [6, 6.07) is 3.87. The molecule has 0 bridgehead atoms. The van der Waals surface area contributed by atoms with E-state index in [1.807, 2.05) is 24.4 Å². The zero-order valence-electron chi connectivity index (χ0n) is 8.56. The second-order valence-electron chi connectivity index (χ2n) is 3.38. The van der Waals surface area contributed by atoms with Crippen molar-refractivity contribution in [2.75, 3.05) is 6.61 Å². The topological polar surface area (TPSA) is 46.3 Å². The molecule has 15 heavy (non-hydrogen) atoms. The zero-order valence-corrected chi connectivity index (χ0v) is 9.38. The Morgan fingerprint density at radius 1 is 1.47 bits per heavy atom. The first kappa shape index (κ1) is 10.4. The summed E-state index contributed by atoms with van der Waals surface area (Å²) >= 11 is 1.58. The van der Waals surface area contributed by atoms with E-state index in [-0.39, 0.29) is 6.61 Å². The van der Waals surface area contributed by atoms with Crippen LogP contribution in [-0.2, 0) is 6.42 Å². The first-order valence-electron chi connectivity index (χ1n) is 4.91. The maximum atomic E-state index is 8.71. The van der Waals surface area contributed by atoms with Crippen LogP contribution in [0, 0.1) is 6.92 Å². The van der Waals surface area contributed by atoms with Gasteiger partial charge in [0.15, 0.2) is 10.8 Å². The van der Waals surface area contributed by atoms with Crippen LogP contribution >= 0.6 is 11.3 Å². The number of hydrogen-bond acceptors (Lipinski definition) is 4. The van der Waals surface area contributed by atoms with Crippen LogP contribution in [0.1, 0.15) is 17.9 Å². The lowest BCUT2D eigenvalue weighted by atomic mass is 10.3. The van der Waals surface area contributed by atoms with Crippen molar-refractivity contribution in [3.8, 4) is 10.8 Å². The molecule has 2 rings (SSSR count). The highest BCUT2D eigenvalue weighted by Gasteiger charge is 2.07. The van der Waals surface area contributed by atoms with Gasteiger partial charge in [-0.3, -0.25) is 0 Å². The summed E-state index contributed by atoms with van der Waals surface area (Å²) in [5.41, 5.74) is 1.03. The molecule has 0 aliphatic carbocycles. The molecule has 4 heteroatoms. The molecule has 0 radical (unpaired) electrons. The van der Waals surface area contributed by atoms with Crippen LogP contribution < -0.4 is 0 Å². The van der Waals surface area contributed by atoms with E-state index >= 15 is 0 Å². The standard InChI is InChI=1S/C11H13NO2S/c1-8-4-5-10(14-8)11-12-9(7-15-11)3-2-6-13/h4-5,7,13H,2-3,6H2,1H3. The molecule has 0 saturated carbocycles. The Hall–Kier alpha value is -1.13. The second kappa shape index (κ2) is 4.59. The van der Waals surface area contributed by atoms with E-state index in [2.05, 4.69) is 4.98 Å². The lowest BCUT2D eigenvalue weighted by Crippen LogP contribution is -1.89. The number of aliphatic hydroxyl groups is 1. The molecular formula is C11H13NO2S. The molecule has 0 amide bonds. The Bertz CT molecular complexity index is 433. The molecule has 0 spiro atoms. The molecule has 0 fully saturated rings. The highest BCUT2D eigenvalue weighted by atomic mass is 32.1. The van der Waals surface area contributed by atoms with Crippen LogP contribution in [0.15, 0.2) is 21.9 Å². The normalized spacial score (nSPS) is 10.8. The van der Waals surface area contributed by atoms with Crippen LogP contribution in [-0.4, -0.2) is 16.7 Å². The summed E-state index contributed by atoms with van der Waals surface area (Å²) in [4.78, 5) is 4.44. The molecule has 0 unspecified atom stereocenters. The molecule has 0 aliphatic heterocycles. The third-order valence-electron chi connectivity index (χ3n) is 2.09. The number of thiazole rings is 1. The Balaban J connectivity index is 2.13. The minimum absolute atomic E-state index is 0.215. The smallest absolute Gasteiger partial charge is 0.162 e. The predicted octanol–water partition coefficient (Wildman–Crippen LogP) is 2.64. The summed E-state index contributed by atoms with van der Waals surface area (Å²) in [6.45, 7) is 2.14. The Labute approximate surface area is 92.4 Å². The van der Waals surface area contributed by atoms with Gasteiger partial charge in [0.2, 0.25) is 0 Å². The minimum Gasteiger partial charge on any atom is -0.459 e. The monoisotopic (exact) mass is 223 g/mol. The molecule has 0 aliphatic rings. The third-order valence-corrected chi connectivity index (χ3v) is 3.00. The number of aromatic nitrogens is 1. The Kier molecular flexibility index (Phi) is 3.18. The number of aryl methyl sites for hydroxylation is 2. The molecule has 3 nitrogen and oxygen atoms in total. The molecule has 80 valence electrons. The summed E-state index contributed by atoms with van der Waals surface area (Å²) in [5.74, 6) is 1.73. The van der Waals surface area contributed by atoms with Crippen molar-refractivity contribution in [2.45, 2.75) is 19.8 Å². The highest BCUT2D eigenvalue weighted by molar-refractivity contribution is 7.13. The first-order valence-corrected chi connectivity index (χ1v) is 5.79. The number of hydrogen-bond donors (Lipinski definition) is 1. The lowest BCUT2D eigenvalue weighted by molar-refractivity contribution is 0.288. The fraction of sp³-hybridized carbons (Fsp3) is 0.364. The zero-order chi connectivity index (χ0) is 10.7. The van der Waals surface area contributed by atoms with Gasteiger partial charge in [-0.15, -0.1) is 11.3 Å². The van der Waals surface area contributed by atoms with Crippen LogP contribution in [0.25, 0.3) is 10.8 Å². The molecule has 2 heterocycles. The van der Waals surface area contributed by atoms with Crippen LogP contribution in [0.5, 0.6) is 0 Å². The summed E-state index contributed by atoms with van der Waals surface area (Å²) in [7, 11) is 0. The average molecular weight is 223 g/mol. The van der Waals surface area contributed by atoms with E-state index in [0.717, 1.165) is 35.1 Å². The van der Waals surface area contributed by atoms with Gasteiger partial charge in [-0.1, -0.05) is 0 Å². The maximum Gasteiger partial charge on any atom is 0.162 e. The second-order valence-corrected chi connectivity index (χ2v) is 4.24. The third kappa shape index (κ3) is 2.46. The quantitative estimate of drug-likeness (QED) is 0.866. The van der Waals surface area contributed by atoms with Crippen molar-refractivity contribution in [3.05, 3.63) is 29.0 Å². The number of nitrogens with zero attached hydrogens (tertiary/aromatic N) is 1. The average Bonchev–Trinajstić information content (AvgIpc) is 2.83. The SMILES string of the molecule is Cc1ccc(-c2nc(CCCO)cs2)o1. The van der Waals surface area contributed by atoms with E-state index in [4.69, 9.17) is 9.52 Å². The van der Waals surface area contributed by atoms with Gasteiger partial charge in [0.25, 0.3) is 0 Å². The minimum atomic E-state index is 0.215. The summed E-state index contributed by atoms with van der Waals surface area (Å²) in [6.07, 6.45) is 1.59. The van der Waals surface area contributed by atoms with Crippen LogP contribution in [0.3, 0.4) is 0 Å². The van der Waals surface area contributed by atoms with Gasteiger partial charge in [-0.05, 0) is 31.9 Å². The van der Waals surface area contributed by atoms with Gasteiger partial charge in [0.1, 0.15) is 5.76 Å². The van der Waals surface area contributed by atoms with Crippen LogP contribution in [0.2, 0.25) is 0 Å². The Morgan fingerprint density at radius 2 is 2.33 bits per heavy atom. The van der Waals surface area contributed by atoms with E-state index in [0.29, 0.717) is 0 Å². The number of aliphatic hydroxyl groups excluding tert-OH is 1. The lowest BCUT2D eigenvalue weighted by Gasteiger charge is -1.91. The van der Waals surface area contributed by atoms with Crippen molar-refractivity contribution in [1.82, 2.24) is 4.98 Å². The Morgan fingerprint density at radius 3 is 3.00 bits per heavy atom. The van der Waals surface area contributed by atoms with Crippen molar-refractivity contribution in [1.29, 1.82) is 0 Å². The predicted molar refractivity (Wildman–Crippen MR) is 60.0 cm³/mol. The van der Waals surface area contributed by atoms with Gasteiger partial charge < -0.3 is 9.52 Å². The van der Waals surface area contributed by atoms with E-state index in [1.165, 1.54) is 0 Å². The molecule has 2 aromatic rings.